The molecule has 1 aromatic carbocycles. The molecule has 1 aliphatic heterocycles. The second-order valence-electron chi connectivity index (χ2n) is 5.34. The summed E-state index contributed by atoms with van der Waals surface area (Å²) in [5.41, 5.74) is -1.15. The van der Waals surface area contributed by atoms with Gasteiger partial charge in [-0.15, -0.1) is 0 Å². The van der Waals surface area contributed by atoms with Crippen molar-refractivity contribution in [3.8, 4) is 5.75 Å². The lowest BCUT2D eigenvalue weighted by Gasteiger charge is -2.22. The predicted molar refractivity (Wildman–Crippen MR) is 79.5 cm³/mol. The Hall–Kier alpha value is -3.04. The van der Waals surface area contributed by atoms with Gasteiger partial charge in [-0.3, -0.25) is 9.59 Å². The first-order chi connectivity index (χ1) is 11.6. The normalized spacial score (nSPS) is 13.7. The summed E-state index contributed by atoms with van der Waals surface area (Å²) in [4.78, 5) is 27.6. The number of oxazole rings is 1. The number of carbonyl (C=O) groups excluding carboxylic acids is 2. The number of carbonyl (C=O) groups is 2. The minimum Gasteiger partial charge on any atom is -0.479 e. The molecule has 7 nitrogen and oxygen atoms in total. The molecule has 25 heavy (non-hydrogen) atoms. The average molecular weight is 355 g/mol. The van der Waals surface area contributed by atoms with E-state index in [4.69, 9.17) is 9.15 Å². The zero-order valence-corrected chi connectivity index (χ0v) is 13.1. The highest BCUT2D eigenvalue weighted by molar-refractivity contribution is 6.06. The summed E-state index contributed by atoms with van der Waals surface area (Å²) in [6, 6.07) is 1.47. The van der Waals surface area contributed by atoms with Gasteiger partial charge < -0.3 is 19.8 Å². The van der Waals surface area contributed by atoms with Crippen LogP contribution < -0.4 is 15.4 Å². The van der Waals surface area contributed by atoms with Gasteiger partial charge in [-0.2, -0.15) is 13.2 Å². The van der Waals surface area contributed by atoms with Gasteiger partial charge in [-0.25, -0.2) is 4.98 Å². The van der Waals surface area contributed by atoms with Crippen LogP contribution in [0, 0.1) is 13.8 Å². The second-order valence-corrected chi connectivity index (χ2v) is 5.34. The van der Waals surface area contributed by atoms with Crippen molar-refractivity contribution in [1.29, 1.82) is 0 Å². The van der Waals surface area contributed by atoms with Gasteiger partial charge in [0.05, 0.1) is 22.6 Å². The number of nitrogens with one attached hydrogen (secondary N) is 2. The number of anilines is 2. The first kappa shape index (κ1) is 16.8. The molecule has 2 heterocycles. The van der Waals surface area contributed by atoms with E-state index in [1.807, 2.05) is 0 Å². The van der Waals surface area contributed by atoms with Crippen LogP contribution in [0.25, 0.3) is 0 Å². The Balaban J connectivity index is 2.02. The van der Waals surface area contributed by atoms with Crippen molar-refractivity contribution < 1.29 is 31.9 Å². The molecule has 132 valence electrons. The van der Waals surface area contributed by atoms with E-state index >= 15 is 0 Å². The van der Waals surface area contributed by atoms with E-state index in [2.05, 4.69) is 15.6 Å². The lowest BCUT2D eigenvalue weighted by molar-refractivity contribution is -0.137. The maximum atomic E-state index is 13.1. The predicted octanol–water partition coefficient (Wildman–Crippen LogP) is 2.89. The Morgan fingerprint density at radius 1 is 1.32 bits per heavy atom. The number of benzene rings is 1. The Kier molecular flexibility index (Phi) is 3.90. The fourth-order valence-electron chi connectivity index (χ4n) is 2.38. The van der Waals surface area contributed by atoms with Crippen LogP contribution in [0.15, 0.2) is 16.5 Å². The molecular weight excluding hydrogens is 343 g/mol. The molecule has 0 unspecified atom stereocenters. The first-order valence-corrected chi connectivity index (χ1v) is 7.08. The fourth-order valence-corrected chi connectivity index (χ4v) is 2.38. The molecule has 0 bridgehead atoms. The number of aryl methyl sites for hydroxylation is 2. The van der Waals surface area contributed by atoms with Gasteiger partial charge in [0.15, 0.2) is 18.2 Å². The quantitative estimate of drug-likeness (QED) is 0.864. The molecule has 0 fully saturated rings. The highest BCUT2D eigenvalue weighted by Crippen LogP contribution is 2.42. The molecule has 2 N–H and O–H groups in total. The number of fused-ring (bicyclic) bond motifs is 1. The van der Waals surface area contributed by atoms with Crippen LogP contribution in [-0.2, 0) is 11.0 Å². The molecule has 0 spiro atoms. The highest BCUT2D eigenvalue weighted by Gasteiger charge is 2.34. The minimum atomic E-state index is -4.67. The van der Waals surface area contributed by atoms with Crippen LogP contribution in [0.3, 0.4) is 0 Å². The van der Waals surface area contributed by atoms with E-state index in [9.17, 15) is 22.8 Å². The molecule has 1 aliphatic rings. The number of hydrogen-bond acceptors (Lipinski definition) is 5. The SMILES string of the molecule is Cc1nc(C)c(C(=O)Nc2cc(C(F)(F)F)cc3c2OCC(=O)N3)o1. The van der Waals surface area contributed by atoms with E-state index in [-0.39, 0.29) is 35.4 Å². The van der Waals surface area contributed by atoms with Crippen molar-refractivity contribution in [3.63, 3.8) is 0 Å². The lowest BCUT2D eigenvalue weighted by Crippen LogP contribution is -2.27. The molecule has 0 radical (unpaired) electrons. The number of alkyl halides is 3. The van der Waals surface area contributed by atoms with Crippen molar-refractivity contribution >= 4 is 23.2 Å². The smallest absolute Gasteiger partial charge is 0.416 e. The van der Waals surface area contributed by atoms with Crippen molar-refractivity contribution in [1.82, 2.24) is 4.98 Å². The number of aromatic nitrogens is 1. The Bertz CT molecular complexity index is 874. The summed E-state index contributed by atoms with van der Waals surface area (Å²) >= 11 is 0. The van der Waals surface area contributed by atoms with E-state index in [0.717, 1.165) is 12.1 Å². The van der Waals surface area contributed by atoms with Crippen molar-refractivity contribution in [2.24, 2.45) is 0 Å². The van der Waals surface area contributed by atoms with E-state index < -0.39 is 23.6 Å². The van der Waals surface area contributed by atoms with Gasteiger partial charge in [0.2, 0.25) is 5.76 Å². The first-order valence-electron chi connectivity index (χ1n) is 7.08. The highest BCUT2D eigenvalue weighted by atomic mass is 19.4. The van der Waals surface area contributed by atoms with Crippen LogP contribution in [0.2, 0.25) is 0 Å². The molecule has 2 amide bonds. The number of nitrogens with zero attached hydrogens (tertiary/aromatic N) is 1. The zero-order valence-electron chi connectivity index (χ0n) is 13.1. The number of amides is 2. The third-order valence-corrected chi connectivity index (χ3v) is 3.40. The van der Waals surface area contributed by atoms with Crippen LogP contribution in [0.5, 0.6) is 5.75 Å². The second kappa shape index (κ2) is 5.80. The summed E-state index contributed by atoms with van der Waals surface area (Å²) in [7, 11) is 0. The van der Waals surface area contributed by atoms with Crippen molar-refractivity contribution in [2.45, 2.75) is 20.0 Å². The average Bonchev–Trinajstić information content (AvgIpc) is 2.84. The fraction of sp³-hybridized carbons (Fsp3) is 0.267. The number of ether oxygens (including phenoxy) is 1. The monoisotopic (exact) mass is 355 g/mol. The van der Waals surface area contributed by atoms with Gasteiger partial charge in [0.1, 0.15) is 0 Å². The summed E-state index contributed by atoms with van der Waals surface area (Å²) < 4.78 is 49.5. The summed E-state index contributed by atoms with van der Waals surface area (Å²) in [5.74, 6) is -1.30. The molecule has 0 aliphatic carbocycles. The van der Waals surface area contributed by atoms with E-state index in [1.165, 1.54) is 13.8 Å². The van der Waals surface area contributed by atoms with Gasteiger partial charge in [-0.1, -0.05) is 0 Å². The minimum absolute atomic E-state index is 0.0603. The van der Waals surface area contributed by atoms with Crippen molar-refractivity contribution in [2.75, 3.05) is 17.2 Å². The standard InChI is InChI=1S/C15H12F3N3O4/c1-6-12(25-7(2)19-6)14(23)21-10-4-8(15(16,17)18)3-9-13(10)24-5-11(22)20-9/h3-4H,5H2,1-2H3,(H,20,22)(H,21,23). The molecule has 2 aromatic rings. The molecule has 10 heteroatoms. The molecule has 0 atom stereocenters. The molecular formula is C15H12F3N3O4. The van der Waals surface area contributed by atoms with E-state index in [1.54, 1.807) is 0 Å². The lowest BCUT2D eigenvalue weighted by atomic mass is 10.1. The topological polar surface area (TPSA) is 93.5 Å². The Morgan fingerprint density at radius 2 is 2.04 bits per heavy atom. The Morgan fingerprint density at radius 3 is 2.64 bits per heavy atom. The van der Waals surface area contributed by atoms with E-state index in [0.29, 0.717) is 5.69 Å². The Labute approximate surface area is 139 Å². The largest absolute Gasteiger partial charge is 0.479 e. The maximum Gasteiger partial charge on any atom is 0.416 e. The van der Waals surface area contributed by atoms with Crippen LogP contribution >= 0.6 is 0 Å². The van der Waals surface area contributed by atoms with Crippen LogP contribution in [0.1, 0.15) is 27.7 Å². The van der Waals surface area contributed by atoms with Gasteiger partial charge in [0.25, 0.3) is 11.8 Å². The van der Waals surface area contributed by atoms with Gasteiger partial charge >= 0.3 is 6.18 Å². The van der Waals surface area contributed by atoms with Crippen LogP contribution in [0.4, 0.5) is 24.5 Å². The maximum absolute atomic E-state index is 13.1. The third kappa shape index (κ3) is 3.28. The van der Waals surface area contributed by atoms with Gasteiger partial charge in [0, 0.05) is 6.92 Å². The molecule has 1 aromatic heterocycles. The van der Waals surface area contributed by atoms with Gasteiger partial charge in [-0.05, 0) is 19.1 Å². The summed E-state index contributed by atoms with van der Waals surface area (Å²) in [6.07, 6.45) is -4.67. The molecule has 0 saturated carbocycles. The molecule has 0 saturated heterocycles. The number of hydrogen-bond donors (Lipinski definition) is 2. The zero-order chi connectivity index (χ0) is 18.4. The summed E-state index contributed by atoms with van der Waals surface area (Å²) in [6.45, 7) is 2.69. The number of halogens is 3. The summed E-state index contributed by atoms with van der Waals surface area (Å²) in [5, 5.41) is 4.61. The number of rotatable bonds is 2. The van der Waals surface area contributed by atoms with Crippen LogP contribution in [-0.4, -0.2) is 23.4 Å². The van der Waals surface area contributed by atoms with Crippen molar-refractivity contribution in [3.05, 3.63) is 35.0 Å². The third-order valence-electron chi connectivity index (χ3n) is 3.40. The molecule has 3 rings (SSSR count).